The minimum absolute atomic E-state index is 0.654. The van der Waals surface area contributed by atoms with Crippen LogP contribution in [-0.4, -0.2) is 47.7 Å². The lowest BCUT2D eigenvalue weighted by Crippen LogP contribution is -2.05. The van der Waals surface area contributed by atoms with Crippen LogP contribution in [0.4, 0.5) is 0 Å². The second-order valence-corrected chi connectivity index (χ2v) is 8.67. The van der Waals surface area contributed by atoms with Crippen molar-refractivity contribution in [3.05, 3.63) is 42.5 Å². The summed E-state index contributed by atoms with van der Waals surface area (Å²) < 4.78 is 20.3. The number of ether oxygens (including phenoxy) is 3. The molecular formula is C21H22N4O3S2. The minimum Gasteiger partial charge on any atom is -0.493 e. The van der Waals surface area contributed by atoms with Crippen molar-refractivity contribution in [2.45, 2.75) is 22.5 Å². The Morgan fingerprint density at radius 2 is 1.83 bits per heavy atom. The van der Waals surface area contributed by atoms with E-state index in [1.54, 1.807) is 32.7 Å². The van der Waals surface area contributed by atoms with Gasteiger partial charge in [-0.05, 0) is 48.5 Å². The number of hydrogen-bond donors (Lipinski definition) is 0. The Balaban J connectivity index is 1.69. The maximum atomic E-state index is 5.46. The van der Waals surface area contributed by atoms with E-state index in [9.17, 15) is 0 Å². The molecule has 9 heteroatoms. The molecule has 0 aliphatic rings. The first-order valence-electron chi connectivity index (χ1n) is 9.41. The van der Waals surface area contributed by atoms with Gasteiger partial charge in [0.2, 0.25) is 0 Å². The molecule has 0 aliphatic carbocycles. The maximum absolute atomic E-state index is 5.46. The Morgan fingerprint density at radius 3 is 2.60 bits per heavy atom. The van der Waals surface area contributed by atoms with Gasteiger partial charge in [-0.25, -0.2) is 4.98 Å². The monoisotopic (exact) mass is 442 g/mol. The third kappa shape index (κ3) is 4.28. The van der Waals surface area contributed by atoms with Gasteiger partial charge in [-0.1, -0.05) is 12.1 Å². The first kappa shape index (κ1) is 20.6. The fraction of sp³-hybridized carbons (Fsp3) is 0.286. The van der Waals surface area contributed by atoms with Crippen LogP contribution in [-0.2, 0) is 11.3 Å². The third-order valence-electron chi connectivity index (χ3n) is 4.54. The van der Waals surface area contributed by atoms with Crippen molar-refractivity contribution < 1.29 is 14.2 Å². The molecule has 2 aromatic heterocycles. The molecule has 0 radical (unpaired) electrons. The lowest BCUT2D eigenvalue weighted by atomic mass is 10.2. The molecule has 0 fully saturated rings. The van der Waals surface area contributed by atoms with Crippen LogP contribution < -0.4 is 9.47 Å². The quantitative estimate of drug-likeness (QED) is 0.346. The molecule has 0 unspecified atom stereocenters. The summed E-state index contributed by atoms with van der Waals surface area (Å²) in [5.74, 6) is 2.10. The fourth-order valence-electron chi connectivity index (χ4n) is 3.09. The SMILES string of the molecule is COCCCn1c(Sc2nc3ccccc3s2)nnc1-c1ccc(OC)c(OC)c1. The molecule has 0 aliphatic heterocycles. The molecule has 2 heterocycles. The zero-order valence-electron chi connectivity index (χ0n) is 17.0. The third-order valence-corrected chi connectivity index (χ3v) is 6.62. The standard InChI is InChI=1S/C21H22N4O3S2/c1-26-12-6-11-25-19(14-9-10-16(27-2)17(13-14)28-3)23-24-20(25)30-21-22-15-7-4-5-8-18(15)29-21/h4-5,7-10,13H,6,11-12H2,1-3H3. The Morgan fingerprint density at radius 1 is 1.00 bits per heavy atom. The smallest absolute Gasteiger partial charge is 0.198 e. The average Bonchev–Trinajstić information content (AvgIpc) is 3.37. The molecule has 4 aromatic rings. The highest BCUT2D eigenvalue weighted by Crippen LogP contribution is 2.36. The second kappa shape index (κ2) is 9.46. The summed E-state index contributed by atoms with van der Waals surface area (Å²) in [4.78, 5) is 4.72. The Labute approximate surface area is 183 Å². The number of hydrogen-bond acceptors (Lipinski definition) is 8. The van der Waals surface area contributed by atoms with Crippen molar-refractivity contribution in [3.63, 3.8) is 0 Å². The van der Waals surface area contributed by atoms with E-state index in [4.69, 9.17) is 19.2 Å². The lowest BCUT2D eigenvalue weighted by Gasteiger charge is -2.12. The summed E-state index contributed by atoms with van der Waals surface area (Å²) in [6, 6.07) is 13.9. The van der Waals surface area contributed by atoms with Gasteiger partial charge in [0.15, 0.2) is 26.8 Å². The number of para-hydroxylation sites is 1. The van der Waals surface area contributed by atoms with Gasteiger partial charge in [0.25, 0.3) is 0 Å². The van der Waals surface area contributed by atoms with E-state index in [0.717, 1.165) is 44.1 Å². The molecule has 0 saturated carbocycles. The number of nitrogens with zero attached hydrogens (tertiary/aromatic N) is 4. The predicted molar refractivity (Wildman–Crippen MR) is 119 cm³/mol. The summed E-state index contributed by atoms with van der Waals surface area (Å²) in [6.07, 6.45) is 0.849. The van der Waals surface area contributed by atoms with Gasteiger partial charge in [-0.3, -0.25) is 0 Å². The second-order valence-electron chi connectivity index (χ2n) is 6.42. The molecule has 0 N–H and O–H groups in total. The van der Waals surface area contributed by atoms with Crippen LogP contribution in [0.2, 0.25) is 0 Å². The molecular weight excluding hydrogens is 420 g/mol. The summed E-state index contributed by atoms with van der Waals surface area (Å²) >= 11 is 3.19. The first-order valence-corrected chi connectivity index (χ1v) is 11.0. The summed E-state index contributed by atoms with van der Waals surface area (Å²) in [7, 11) is 4.95. The maximum Gasteiger partial charge on any atom is 0.198 e. The lowest BCUT2D eigenvalue weighted by molar-refractivity contribution is 0.189. The molecule has 156 valence electrons. The van der Waals surface area contributed by atoms with Crippen LogP contribution >= 0.6 is 23.1 Å². The Kier molecular flexibility index (Phi) is 6.51. The molecule has 4 rings (SSSR count). The van der Waals surface area contributed by atoms with E-state index in [1.165, 1.54) is 11.8 Å². The van der Waals surface area contributed by atoms with Crippen LogP contribution in [0.5, 0.6) is 11.5 Å². The number of benzene rings is 2. The van der Waals surface area contributed by atoms with Crippen LogP contribution in [0.25, 0.3) is 21.6 Å². The van der Waals surface area contributed by atoms with Crippen LogP contribution in [0.1, 0.15) is 6.42 Å². The van der Waals surface area contributed by atoms with Gasteiger partial charge in [0.1, 0.15) is 0 Å². The zero-order chi connectivity index (χ0) is 20.9. The van der Waals surface area contributed by atoms with E-state index >= 15 is 0 Å². The minimum atomic E-state index is 0.654. The number of thiazole rings is 1. The van der Waals surface area contributed by atoms with Crippen molar-refractivity contribution in [1.82, 2.24) is 19.7 Å². The highest BCUT2D eigenvalue weighted by Gasteiger charge is 2.18. The van der Waals surface area contributed by atoms with Gasteiger partial charge < -0.3 is 18.8 Å². The van der Waals surface area contributed by atoms with E-state index < -0.39 is 0 Å². The average molecular weight is 443 g/mol. The topological polar surface area (TPSA) is 71.3 Å². The normalized spacial score (nSPS) is 11.2. The van der Waals surface area contributed by atoms with Crippen molar-refractivity contribution in [1.29, 1.82) is 0 Å². The zero-order valence-corrected chi connectivity index (χ0v) is 18.6. The molecule has 0 spiro atoms. The van der Waals surface area contributed by atoms with Gasteiger partial charge in [-0.15, -0.1) is 21.5 Å². The van der Waals surface area contributed by atoms with Crippen LogP contribution in [0.15, 0.2) is 52.0 Å². The van der Waals surface area contributed by atoms with Crippen LogP contribution in [0.3, 0.4) is 0 Å². The van der Waals surface area contributed by atoms with Gasteiger partial charge >= 0.3 is 0 Å². The van der Waals surface area contributed by atoms with Crippen LogP contribution in [0, 0.1) is 0 Å². The molecule has 30 heavy (non-hydrogen) atoms. The van der Waals surface area contributed by atoms with Crippen molar-refractivity contribution >= 4 is 33.3 Å². The van der Waals surface area contributed by atoms with Gasteiger partial charge in [-0.2, -0.15) is 0 Å². The summed E-state index contributed by atoms with van der Waals surface area (Å²) in [5.41, 5.74) is 1.91. The molecule has 0 saturated heterocycles. The summed E-state index contributed by atoms with van der Waals surface area (Å²) in [6.45, 7) is 1.40. The van der Waals surface area contributed by atoms with Gasteiger partial charge in [0, 0.05) is 25.8 Å². The Bertz CT molecular complexity index is 1110. The molecule has 7 nitrogen and oxygen atoms in total. The van der Waals surface area contributed by atoms with E-state index in [-0.39, 0.29) is 0 Å². The molecule has 0 bridgehead atoms. The number of methoxy groups -OCH3 is 3. The highest BCUT2D eigenvalue weighted by atomic mass is 32.2. The largest absolute Gasteiger partial charge is 0.493 e. The number of aromatic nitrogens is 4. The molecule has 2 aromatic carbocycles. The summed E-state index contributed by atoms with van der Waals surface area (Å²) in [5, 5.41) is 9.74. The van der Waals surface area contributed by atoms with E-state index in [0.29, 0.717) is 18.1 Å². The van der Waals surface area contributed by atoms with E-state index in [1.807, 2.05) is 36.4 Å². The predicted octanol–water partition coefficient (Wildman–Crippen LogP) is 4.76. The fourth-order valence-corrected chi connectivity index (χ4v) is 5.12. The molecule has 0 atom stereocenters. The first-order chi connectivity index (χ1) is 14.7. The van der Waals surface area contributed by atoms with Crippen molar-refractivity contribution in [2.75, 3.05) is 27.9 Å². The number of rotatable bonds is 9. The molecule has 0 amide bonds. The highest BCUT2D eigenvalue weighted by molar-refractivity contribution is 8.01. The number of fused-ring (bicyclic) bond motifs is 1. The van der Waals surface area contributed by atoms with Crippen molar-refractivity contribution in [2.24, 2.45) is 0 Å². The Hall–Kier alpha value is -2.62. The van der Waals surface area contributed by atoms with E-state index in [2.05, 4.69) is 20.8 Å². The van der Waals surface area contributed by atoms with Crippen molar-refractivity contribution in [3.8, 4) is 22.9 Å². The van der Waals surface area contributed by atoms with Gasteiger partial charge in [0.05, 0.1) is 24.4 Å².